The Hall–Kier alpha value is -1.92. The molecule has 1 unspecified atom stereocenters. The van der Waals surface area contributed by atoms with Crippen LogP contribution in [0.5, 0.6) is 5.75 Å². The third-order valence-corrected chi connectivity index (χ3v) is 5.10. The average Bonchev–Trinajstić information content (AvgIpc) is 2.96. The number of hydrogen-bond donors (Lipinski definition) is 1. The SMILES string of the molecule is COc1cccc(COCC(=O)Nc2nc3c(s2)CC(C)CC3)c1. The molecule has 0 bridgehead atoms. The summed E-state index contributed by atoms with van der Waals surface area (Å²) in [6.45, 7) is 2.64. The van der Waals surface area contributed by atoms with E-state index < -0.39 is 0 Å². The summed E-state index contributed by atoms with van der Waals surface area (Å²) in [5.41, 5.74) is 2.12. The van der Waals surface area contributed by atoms with Crippen LogP contribution < -0.4 is 10.1 Å². The van der Waals surface area contributed by atoms with Gasteiger partial charge in [-0.05, 0) is 42.9 Å². The highest BCUT2D eigenvalue weighted by Gasteiger charge is 2.20. The fourth-order valence-corrected chi connectivity index (χ4v) is 3.96. The number of amides is 1. The Morgan fingerprint density at radius 2 is 2.33 bits per heavy atom. The van der Waals surface area contributed by atoms with Gasteiger partial charge in [-0.2, -0.15) is 0 Å². The zero-order valence-corrected chi connectivity index (χ0v) is 14.8. The number of carbonyl (C=O) groups excluding carboxylic acids is 1. The quantitative estimate of drug-likeness (QED) is 0.870. The maximum atomic E-state index is 12.0. The zero-order chi connectivity index (χ0) is 16.9. The minimum Gasteiger partial charge on any atom is -0.497 e. The van der Waals surface area contributed by atoms with Crippen molar-refractivity contribution in [3.8, 4) is 5.75 Å². The lowest BCUT2D eigenvalue weighted by Gasteiger charge is -2.15. The van der Waals surface area contributed by atoms with Crippen molar-refractivity contribution in [2.45, 2.75) is 32.8 Å². The van der Waals surface area contributed by atoms with E-state index >= 15 is 0 Å². The molecule has 1 heterocycles. The summed E-state index contributed by atoms with van der Waals surface area (Å²) >= 11 is 1.59. The number of thiazole rings is 1. The number of fused-ring (bicyclic) bond motifs is 1. The number of nitrogens with one attached hydrogen (secondary N) is 1. The first-order valence-electron chi connectivity index (χ1n) is 8.13. The Morgan fingerprint density at radius 3 is 3.17 bits per heavy atom. The van der Waals surface area contributed by atoms with E-state index in [0.29, 0.717) is 17.7 Å². The summed E-state index contributed by atoms with van der Waals surface area (Å²) in [6.07, 6.45) is 3.25. The van der Waals surface area contributed by atoms with E-state index in [-0.39, 0.29) is 12.5 Å². The van der Waals surface area contributed by atoms with E-state index in [0.717, 1.165) is 29.8 Å². The van der Waals surface area contributed by atoms with Crippen LogP contribution >= 0.6 is 11.3 Å². The van der Waals surface area contributed by atoms with E-state index in [4.69, 9.17) is 9.47 Å². The number of ether oxygens (including phenoxy) is 2. The topological polar surface area (TPSA) is 60.5 Å². The van der Waals surface area contributed by atoms with Gasteiger partial charge in [-0.15, -0.1) is 11.3 Å². The second-order valence-corrected chi connectivity index (χ2v) is 7.21. The van der Waals surface area contributed by atoms with Gasteiger partial charge in [0, 0.05) is 4.88 Å². The largest absolute Gasteiger partial charge is 0.497 e. The Kier molecular flexibility index (Phi) is 5.48. The average molecular weight is 346 g/mol. The lowest BCUT2D eigenvalue weighted by Crippen LogP contribution is -2.18. The molecule has 0 fully saturated rings. The summed E-state index contributed by atoms with van der Waals surface area (Å²) in [5.74, 6) is 1.31. The normalized spacial score (nSPS) is 16.5. The van der Waals surface area contributed by atoms with Crippen LogP contribution in [0.2, 0.25) is 0 Å². The second kappa shape index (κ2) is 7.77. The van der Waals surface area contributed by atoms with Gasteiger partial charge >= 0.3 is 0 Å². The van der Waals surface area contributed by atoms with Gasteiger partial charge in [0.1, 0.15) is 12.4 Å². The van der Waals surface area contributed by atoms with Gasteiger partial charge in [-0.3, -0.25) is 10.1 Å². The fraction of sp³-hybridized carbons (Fsp3) is 0.444. The minimum atomic E-state index is -0.169. The highest BCUT2D eigenvalue weighted by Crippen LogP contribution is 2.32. The molecule has 1 atom stereocenters. The summed E-state index contributed by atoms with van der Waals surface area (Å²) in [4.78, 5) is 17.8. The van der Waals surface area contributed by atoms with Gasteiger partial charge in [0.25, 0.3) is 5.91 Å². The van der Waals surface area contributed by atoms with Crippen LogP contribution in [-0.4, -0.2) is 24.6 Å². The summed E-state index contributed by atoms with van der Waals surface area (Å²) in [7, 11) is 1.63. The van der Waals surface area contributed by atoms with Gasteiger partial charge < -0.3 is 9.47 Å². The maximum absolute atomic E-state index is 12.0. The summed E-state index contributed by atoms with van der Waals surface area (Å²) < 4.78 is 10.6. The molecular formula is C18H22N2O3S. The van der Waals surface area contributed by atoms with Crippen molar-refractivity contribution < 1.29 is 14.3 Å². The molecule has 1 aliphatic carbocycles. The monoisotopic (exact) mass is 346 g/mol. The van der Waals surface area contributed by atoms with Crippen molar-refractivity contribution >= 4 is 22.4 Å². The van der Waals surface area contributed by atoms with Crippen LogP contribution in [0.3, 0.4) is 0 Å². The van der Waals surface area contributed by atoms with Gasteiger partial charge in [0.05, 0.1) is 19.4 Å². The molecule has 0 saturated heterocycles. The zero-order valence-electron chi connectivity index (χ0n) is 14.0. The van der Waals surface area contributed by atoms with Crippen molar-refractivity contribution in [2.24, 2.45) is 5.92 Å². The first kappa shape index (κ1) is 16.9. The van der Waals surface area contributed by atoms with Crippen LogP contribution in [0.4, 0.5) is 5.13 Å². The molecule has 2 aromatic rings. The predicted octanol–water partition coefficient (Wildman–Crippen LogP) is 3.43. The fourth-order valence-electron chi connectivity index (χ4n) is 2.77. The highest BCUT2D eigenvalue weighted by atomic mass is 32.1. The molecule has 6 heteroatoms. The van der Waals surface area contributed by atoms with E-state index in [9.17, 15) is 4.79 Å². The Bertz CT molecular complexity index is 714. The molecule has 1 aromatic carbocycles. The van der Waals surface area contributed by atoms with Crippen molar-refractivity contribution in [1.29, 1.82) is 0 Å². The predicted molar refractivity (Wildman–Crippen MR) is 94.6 cm³/mol. The first-order chi connectivity index (χ1) is 11.6. The number of aryl methyl sites for hydroxylation is 1. The highest BCUT2D eigenvalue weighted by molar-refractivity contribution is 7.15. The lowest BCUT2D eigenvalue weighted by molar-refractivity contribution is -0.121. The smallest absolute Gasteiger partial charge is 0.252 e. The molecule has 128 valence electrons. The number of benzene rings is 1. The van der Waals surface area contributed by atoms with Crippen LogP contribution in [-0.2, 0) is 29.0 Å². The summed E-state index contributed by atoms with van der Waals surface area (Å²) in [6, 6.07) is 7.62. The van der Waals surface area contributed by atoms with Crippen LogP contribution in [0, 0.1) is 5.92 Å². The van der Waals surface area contributed by atoms with E-state index in [2.05, 4.69) is 17.2 Å². The van der Waals surface area contributed by atoms with Crippen molar-refractivity contribution in [2.75, 3.05) is 19.0 Å². The molecule has 0 saturated carbocycles. The number of carbonyl (C=O) groups is 1. The van der Waals surface area contributed by atoms with Crippen molar-refractivity contribution in [3.05, 3.63) is 40.4 Å². The Balaban J connectivity index is 1.47. The van der Waals surface area contributed by atoms with Crippen molar-refractivity contribution in [3.63, 3.8) is 0 Å². The van der Waals surface area contributed by atoms with Gasteiger partial charge in [-0.25, -0.2) is 4.98 Å². The molecule has 0 aliphatic heterocycles. The molecule has 24 heavy (non-hydrogen) atoms. The van der Waals surface area contributed by atoms with Crippen LogP contribution in [0.25, 0.3) is 0 Å². The molecule has 5 nitrogen and oxygen atoms in total. The third kappa shape index (κ3) is 4.33. The molecule has 3 rings (SSSR count). The molecular weight excluding hydrogens is 324 g/mol. The number of hydrogen-bond acceptors (Lipinski definition) is 5. The van der Waals surface area contributed by atoms with Gasteiger partial charge in [0.15, 0.2) is 5.13 Å². The molecule has 1 amide bonds. The number of rotatable bonds is 6. The van der Waals surface area contributed by atoms with Crippen LogP contribution in [0.1, 0.15) is 29.5 Å². The number of methoxy groups -OCH3 is 1. The summed E-state index contributed by atoms with van der Waals surface area (Å²) in [5, 5.41) is 3.53. The first-order valence-corrected chi connectivity index (χ1v) is 8.95. The van der Waals surface area contributed by atoms with Crippen molar-refractivity contribution in [1.82, 2.24) is 4.98 Å². The second-order valence-electron chi connectivity index (χ2n) is 6.13. The molecule has 1 aromatic heterocycles. The number of anilines is 1. The van der Waals surface area contributed by atoms with Gasteiger partial charge in [-0.1, -0.05) is 19.1 Å². The van der Waals surface area contributed by atoms with Crippen LogP contribution in [0.15, 0.2) is 24.3 Å². The Labute approximate surface area is 146 Å². The van der Waals surface area contributed by atoms with Gasteiger partial charge in [0.2, 0.25) is 0 Å². The molecule has 1 aliphatic rings. The molecule has 1 N–H and O–H groups in total. The molecule has 0 radical (unpaired) electrons. The maximum Gasteiger partial charge on any atom is 0.252 e. The molecule has 0 spiro atoms. The minimum absolute atomic E-state index is 0.0118. The van der Waals surface area contributed by atoms with E-state index in [1.54, 1.807) is 18.4 Å². The van der Waals surface area contributed by atoms with E-state index in [1.165, 1.54) is 11.3 Å². The lowest BCUT2D eigenvalue weighted by atomic mass is 9.93. The number of nitrogens with zero attached hydrogens (tertiary/aromatic N) is 1. The number of aromatic nitrogens is 1. The third-order valence-electron chi connectivity index (χ3n) is 4.07. The van der Waals surface area contributed by atoms with E-state index in [1.807, 2.05) is 24.3 Å². The standard InChI is InChI=1S/C18H22N2O3S/c1-12-6-7-15-16(8-12)24-18(19-15)20-17(21)11-23-10-13-4-3-5-14(9-13)22-2/h3-5,9,12H,6-8,10-11H2,1-2H3,(H,19,20,21). The Morgan fingerprint density at radius 1 is 1.46 bits per heavy atom.